The first kappa shape index (κ1) is 20.2. The lowest BCUT2D eigenvalue weighted by Crippen LogP contribution is -2.42. The molecule has 2 rings (SSSR count). The molecule has 1 aromatic rings. The first-order chi connectivity index (χ1) is 12.5. The fraction of sp³-hybridized carbons (Fsp3) is 0.600. The zero-order valence-corrected chi connectivity index (χ0v) is 16.0. The highest BCUT2D eigenvalue weighted by molar-refractivity contribution is 5.97. The molecule has 0 radical (unpaired) electrons. The van der Waals surface area contributed by atoms with E-state index >= 15 is 0 Å². The second-order valence-electron chi connectivity index (χ2n) is 6.77. The second kappa shape index (κ2) is 9.57. The Morgan fingerprint density at radius 2 is 1.81 bits per heavy atom. The molecule has 26 heavy (non-hydrogen) atoms. The SMILES string of the molecule is CCC[C@](C)(OCC)C(=O)Nc1ccc(OCC(=O)N2CCCC2)cc1. The molecule has 1 heterocycles. The second-order valence-corrected chi connectivity index (χ2v) is 6.77. The van der Waals surface area contributed by atoms with Crippen LogP contribution in [-0.2, 0) is 14.3 Å². The van der Waals surface area contributed by atoms with Gasteiger partial charge in [0.15, 0.2) is 6.61 Å². The van der Waals surface area contributed by atoms with Crippen molar-refractivity contribution >= 4 is 17.5 Å². The maximum atomic E-state index is 12.5. The number of anilines is 1. The molecule has 0 aromatic heterocycles. The largest absolute Gasteiger partial charge is 0.484 e. The number of benzene rings is 1. The number of hydrogen-bond acceptors (Lipinski definition) is 4. The minimum atomic E-state index is -0.833. The van der Waals surface area contributed by atoms with Gasteiger partial charge in [0.05, 0.1) is 0 Å². The Morgan fingerprint density at radius 3 is 2.38 bits per heavy atom. The van der Waals surface area contributed by atoms with Crippen molar-refractivity contribution in [2.75, 3.05) is 31.6 Å². The summed E-state index contributed by atoms with van der Waals surface area (Å²) >= 11 is 0. The van der Waals surface area contributed by atoms with Crippen LogP contribution >= 0.6 is 0 Å². The molecule has 2 amide bonds. The van der Waals surface area contributed by atoms with Gasteiger partial charge in [-0.25, -0.2) is 0 Å². The molecule has 0 spiro atoms. The van der Waals surface area contributed by atoms with Crippen LogP contribution in [0.25, 0.3) is 0 Å². The summed E-state index contributed by atoms with van der Waals surface area (Å²) in [6.07, 6.45) is 3.66. The number of rotatable bonds is 9. The highest BCUT2D eigenvalue weighted by Crippen LogP contribution is 2.22. The normalized spacial score (nSPS) is 16.2. The van der Waals surface area contributed by atoms with Gasteiger partial charge in [-0.2, -0.15) is 0 Å². The van der Waals surface area contributed by atoms with Gasteiger partial charge in [0.1, 0.15) is 11.4 Å². The van der Waals surface area contributed by atoms with Crippen molar-refractivity contribution < 1.29 is 19.1 Å². The van der Waals surface area contributed by atoms with Gasteiger partial charge in [-0.15, -0.1) is 0 Å². The van der Waals surface area contributed by atoms with E-state index in [9.17, 15) is 9.59 Å². The minimum Gasteiger partial charge on any atom is -0.484 e. The van der Waals surface area contributed by atoms with E-state index in [1.165, 1.54) is 0 Å². The van der Waals surface area contributed by atoms with Crippen LogP contribution in [0.3, 0.4) is 0 Å². The highest BCUT2D eigenvalue weighted by atomic mass is 16.5. The third-order valence-electron chi connectivity index (χ3n) is 4.60. The fourth-order valence-electron chi connectivity index (χ4n) is 3.15. The van der Waals surface area contributed by atoms with Gasteiger partial charge in [0.2, 0.25) is 0 Å². The monoisotopic (exact) mass is 362 g/mol. The Bertz CT molecular complexity index is 588. The predicted molar refractivity (Wildman–Crippen MR) is 101 cm³/mol. The van der Waals surface area contributed by atoms with Crippen molar-refractivity contribution in [1.82, 2.24) is 4.90 Å². The first-order valence-corrected chi connectivity index (χ1v) is 9.44. The Morgan fingerprint density at radius 1 is 1.15 bits per heavy atom. The molecule has 144 valence electrons. The number of carbonyl (C=O) groups is 2. The Kier molecular flexibility index (Phi) is 7.45. The van der Waals surface area contributed by atoms with Gasteiger partial charge >= 0.3 is 0 Å². The molecule has 6 nitrogen and oxygen atoms in total. The van der Waals surface area contributed by atoms with Crippen molar-refractivity contribution in [3.05, 3.63) is 24.3 Å². The molecule has 1 N–H and O–H groups in total. The number of hydrogen-bond donors (Lipinski definition) is 1. The van der Waals surface area contributed by atoms with E-state index in [1.54, 1.807) is 24.3 Å². The van der Waals surface area contributed by atoms with Crippen molar-refractivity contribution in [3.8, 4) is 5.75 Å². The van der Waals surface area contributed by atoms with Crippen LogP contribution in [-0.4, -0.2) is 48.6 Å². The average molecular weight is 362 g/mol. The Hall–Kier alpha value is -2.08. The lowest BCUT2D eigenvalue weighted by Gasteiger charge is -2.27. The third kappa shape index (κ3) is 5.46. The van der Waals surface area contributed by atoms with Crippen LogP contribution in [0.1, 0.15) is 46.5 Å². The Balaban J connectivity index is 1.88. The molecular weight excluding hydrogens is 332 g/mol. The molecule has 0 aliphatic carbocycles. The van der Waals surface area contributed by atoms with Gasteiger partial charge in [0.25, 0.3) is 11.8 Å². The molecule has 6 heteroatoms. The molecule has 0 saturated carbocycles. The molecule has 1 fully saturated rings. The summed E-state index contributed by atoms with van der Waals surface area (Å²) in [4.78, 5) is 26.4. The fourth-order valence-corrected chi connectivity index (χ4v) is 3.15. The molecule has 1 saturated heterocycles. The Labute approximate surface area is 155 Å². The van der Waals surface area contributed by atoms with Crippen molar-refractivity contribution in [1.29, 1.82) is 0 Å². The molecule has 0 bridgehead atoms. The van der Waals surface area contributed by atoms with Crippen LogP contribution in [0, 0.1) is 0 Å². The number of ether oxygens (including phenoxy) is 2. The minimum absolute atomic E-state index is 0.0203. The maximum absolute atomic E-state index is 12.5. The van der Waals surface area contributed by atoms with Crippen molar-refractivity contribution in [3.63, 3.8) is 0 Å². The van der Waals surface area contributed by atoms with E-state index in [0.29, 0.717) is 24.5 Å². The van der Waals surface area contributed by atoms with E-state index < -0.39 is 5.60 Å². The van der Waals surface area contributed by atoms with Gasteiger partial charge < -0.3 is 19.7 Å². The molecule has 1 aliphatic heterocycles. The highest BCUT2D eigenvalue weighted by Gasteiger charge is 2.32. The molecule has 1 aliphatic rings. The summed E-state index contributed by atoms with van der Waals surface area (Å²) in [6.45, 7) is 7.91. The van der Waals surface area contributed by atoms with E-state index in [-0.39, 0.29) is 18.4 Å². The van der Waals surface area contributed by atoms with Crippen LogP contribution in [0.5, 0.6) is 5.75 Å². The zero-order chi connectivity index (χ0) is 19.0. The molecule has 1 atom stereocenters. The molecule has 1 aromatic carbocycles. The van der Waals surface area contributed by atoms with Gasteiger partial charge in [-0.1, -0.05) is 13.3 Å². The van der Waals surface area contributed by atoms with Gasteiger partial charge in [-0.3, -0.25) is 9.59 Å². The van der Waals surface area contributed by atoms with Crippen LogP contribution in [0.2, 0.25) is 0 Å². The number of nitrogens with zero attached hydrogens (tertiary/aromatic N) is 1. The summed E-state index contributed by atoms with van der Waals surface area (Å²) in [5.41, 5.74) is -0.156. The summed E-state index contributed by atoms with van der Waals surface area (Å²) < 4.78 is 11.2. The lowest BCUT2D eigenvalue weighted by molar-refractivity contribution is -0.139. The van der Waals surface area contributed by atoms with E-state index in [0.717, 1.165) is 32.4 Å². The topological polar surface area (TPSA) is 67.9 Å². The average Bonchev–Trinajstić information content (AvgIpc) is 3.16. The van der Waals surface area contributed by atoms with Crippen LogP contribution in [0.15, 0.2) is 24.3 Å². The summed E-state index contributed by atoms with van der Waals surface area (Å²) in [7, 11) is 0. The number of carbonyl (C=O) groups excluding carboxylic acids is 2. The zero-order valence-electron chi connectivity index (χ0n) is 16.0. The van der Waals surface area contributed by atoms with Gasteiger partial charge in [0, 0.05) is 25.4 Å². The van der Waals surface area contributed by atoms with E-state index in [4.69, 9.17) is 9.47 Å². The van der Waals surface area contributed by atoms with Crippen LogP contribution in [0.4, 0.5) is 5.69 Å². The summed E-state index contributed by atoms with van der Waals surface area (Å²) in [6, 6.07) is 7.05. The standard InChI is InChI=1S/C20H30N2O4/c1-4-12-20(3,26-5-2)19(24)21-16-8-10-17(11-9-16)25-15-18(23)22-13-6-7-14-22/h8-11H,4-7,12-15H2,1-3H3,(H,21,24)/t20-/m0/s1. The third-order valence-corrected chi connectivity index (χ3v) is 4.60. The first-order valence-electron chi connectivity index (χ1n) is 9.44. The summed E-state index contributed by atoms with van der Waals surface area (Å²) in [5, 5.41) is 2.89. The van der Waals surface area contributed by atoms with E-state index in [2.05, 4.69) is 5.32 Å². The maximum Gasteiger partial charge on any atom is 0.260 e. The smallest absolute Gasteiger partial charge is 0.260 e. The summed E-state index contributed by atoms with van der Waals surface area (Å²) in [5.74, 6) is 0.475. The van der Waals surface area contributed by atoms with Gasteiger partial charge in [-0.05, 0) is 57.4 Å². The number of nitrogens with one attached hydrogen (secondary N) is 1. The molecular formula is C20H30N2O4. The quantitative estimate of drug-likeness (QED) is 0.732. The number of likely N-dealkylation sites (tertiary alicyclic amines) is 1. The predicted octanol–water partition coefficient (Wildman–Crippen LogP) is 3.22. The number of amides is 2. The van der Waals surface area contributed by atoms with Crippen molar-refractivity contribution in [2.45, 2.75) is 52.1 Å². The van der Waals surface area contributed by atoms with Crippen molar-refractivity contribution in [2.24, 2.45) is 0 Å². The van der Waals surface area contributed by atoms with Crippen LogP contribution < -0.4 is 10.1 Å². The molecule has 0 unspecified atom stereocenters. The lowest BCUT2D eigenvalue weighted by atomic mass is 9.99. The van der Waals surface area contributed by atoms with E-state index in [1.807, 2.05) is 25.7 Å².